The molecule has 0 spiro atoms. The predicted molar refractivity (Wildman–Crippen MR) is 78.0 cm³/mol. The third-order valence-corrected chi connectivity index (χ3v) is 4.02. The molecular formula is C16H22N2O2. The molecule has 1 aromatic carbocycles. The predicted octanol–water partition coefficient (Wildman–Crippen LogP) is 2.12. The molecule has 1 saturated heterocycles. The molecule has 4 nitrogen and oxygen atoms in total. The van der Waals surface area contributed by atoms with Crippen molar-refractivity contribution in [3.05, 3.63) is 35.9 Å². The van der Waals surface area contributed by atoms with E-state index in [9.17, 15) is 9.59 Å². The van der Waals surface area contributed by atoms with Gasteiger partial charge in [0.2, 0.25) is 11.8 Å². The van der Waals surface area contributed by atoms with Gasteiger partial charge in [-0.3, -0.25) is 9.59 Å². The Morgan fingerprint density at radius 3 is 2.45 bits per heavy atom. The van der Waals surface area contributed by atoms with Gasteiger partial charge in [-0.15, -0.1) is 0 Å². The molecule has 1 unspecified atom stereocenters. The number of carbonyl (C=O) groups is 2. The first-order chi connectivity index (χ1) is 9.67. The molecule has 1 atom stereocenters. The minimum Gasteiger partial charge on any atom is -0.345 e. The van der Waals surface area contributed by atoms with Crippen molar-refractivity contribution in [2.24, 2.45) is 5.92 Å². The van der Waals surface area contributed by atoms with Crippen LogP contribution in [-0.4, -0.2) is 29.8 Å². The van der Waals surface area contributed by atoms with Gasteiger partial charge in [0.05, 0.1) is 6.54 Å². The Kier molecular flexibility index (Phi) is 4.77. The van der Waals surface area contributed by atoms with E-state index in [1.54, 1.807) is 4.90 Å². The molecule has 0 bridgehead atoms. The molecule has 2 rings (SSSR count). The zero-order valence-corrected chi connectivity index (χ0v) is 12.1. The standard InChI is InChI=1S/C16H22N2O2/c1-3-12(4-2)11-18-14(19)10-17-16(20)15(18)13-8-6-5-7-9-13/h5-9,12,15H,3-4,10-11H2,1-2H3,(H,17,20). The van der Waals surface area contributed by atoms with Crippen molar-refractivity contribution in [1.29, 1.82) is 0 Å². The lowest BCUT2D eigenvalue weighted by molar-refractivity contribution is -0.146. The second-order valence-electron chi connectivity index (χ2n) is 5.26. The Hall–Kier alpha value is -1.84. The molecule has 0 aromatic heterocycles. The first-order valence-electron chi connectivity index (χ1n) is 7.29. The minimum absolute atomic E-state index is 0.00496. The maximum atomic E-state index is 12.2. The van der Waals surface area contributed by atoms with Gasteiger partial charge in [-0.25, -0.2) is 0 Å². The van der Waals surface area contributed by atoms with Gasteiger partial charge in [-0.2, -0.15) is 0 Å². The van der Waals surface area contributed by atoms with Gasteiger partial charge in [0.15, 0.2) is 0 Å². The van der Waals surface area contributed by atoms with E-state index < -0.39 is 6.04 Å². The van der Waals surface area contributed by atoms with Crippen molar-refractivity contribution in [1.82, 2.24) is 10.2 Å². The molecule has 1 heterocycles. The summed E-state index contributed by atoms with van der Waals surface area (Å²) in [5.41, 5.74) is 0.879. The SMILES string of the molecule is CCC(CC)CN1C(=O)CNC(=O)C1c1ccccc1. The second-order valence-corrected chi connectivity index (χ2v) is 5.26. The van der Waals surface area contributed by atoms with Crippen LogP contribution in [0.2, 0.25) is 0 Å². The van der Waals surface area contributed by atoms with Crippen LogP contribution in [0.5, 0.6) is 0 Å². The molecule has 4 heteroatoms. The molecule has 1 aromatic rings. The summed E-state index contributed by atoms with van der Waals surface area (Å²) in [6, 6.07) is 9.04. The van der Waals surface area contributed by atoms with Gasteiger partial charge < -0.3 is 10.2 Å². The van der Waals surface area contributed by atoms with Gasteiger partial charge in [0.25, 0.3) is 0 Å². The monoisotopic (exact) mass is 274 g/mol. The quantitative estimate of drug-likeness (QED) is 0.894. The van der Waals surface area contributed by atoms with Crippen LogP contribution in [0.1, 0.15) is 38.3 Å². The van der Waals surface area contributed by atoms with Crippen molar-refractivity contribution >= 4 is 11.8 Å². The van der Waals surface area contributed by atoms with Gasteiger partial charge in [-0.05, 0) is 11.5 Å². The summed E-state index contributed by atoms with van der Waals surface area (Å²) >= 11 is 0. The number of hydrogen-bond donors (Lipinski definition) is 1. The maximum Gasteiger partial charge on any atom is 0.247 e. The van der Waals surface area contributed by atoms with E-state index in [-0.39, 0.29) is 18.4 Å². The van der Waals surface area contributed by atoms with E-state index in [2.05, 4.69) is 19.2 Å². The molecule has 1 N–H and O–H groups in total. The molecule has 2 amide bonds. The summed E-state index contributed by atoms with van der Waals surface area (Å²) in [5.74, 6) is 0.364. The highest BCUT2D eigenvalue weighted by atomic mass is 16.2. The minimum atomic E-state index is -0.488. The highest BCUT2D eigenvalue weighted by molar-refractivity contribution is 5.95. The van der Waals surface area contributed by atoms with E-state index in [0.29, 0.717) is 12.5 Å². The van der Waals surface area contributed by atoms with Gasteiger partial charge in [0, 0.05) is 6.54 Å². The summed E-state index contributed by atoms with van der Waals surface area (Å²) in [6.07, 6.45) is 2.03. The normalized spacial score (nSPS) is 19.4. The molecule has 108 valence electrons. The number of nitrogens with zero attached hydrogens (tertiary/aromatic N) is 1. The molecule has 20 heavy (non-hydrogen) atoms. The van der Waals surface area contributed by atoms with Crippen LogP contribution in [0, 0.1) is 5.92 Å². The van der Waals surface area contributed by atoms with Gasteiger partial charge in [-0.1, -0.05) is 57.0 Å². The number of nitrogens with one attached hydrogen (secondary N) is 1. The van der Waals surface area contributed by atoms with E-state index in [1.165, 1.54) is 0 Å². The molecule has 0 saturated carbocycles. The smallest absolute Gasteiger partial charge is 0.247 e. The Morgan fingerprint density at radius 2 is 1.85 bits per heavy atom. The number of amides is 2. The molecule has 1 aliphatic rings. The van der Waals surface area contributed by atoms with Crippen molar-refractivity contribution in [3.8, 4) is 0 Å². The van der Waals surface area contributed by atoms with Crippen molar-refractivity contribution in [2.75, 3.05) is 13.1 Å². The summed E-state index contributed by atoms with van der Waals surface area (Å²) < 4.78 is 0. The van der Waals surface area contributed by atoms with E-state index in [1.807, 2.05) is 30.3 Å². The lowest BCUT2D eigenvalue weighted by Gasteiger charge is -2.37. The second kappa shape index (κ2) is 6.55. The fourth-order valence-electron chi connectivity index (χ4n) is 2.65. The third kappa shape index (κ3) is 3.00. The zero-order valence-electron chi connectivity index (χ0n) is 12.1. The van der Waals surface area contributed by atoms with E-state index >= 15 is 0 Å². The molecule has 1 fully saturated rings. The topological polar surface area (TPSA) is 49.4 Å². The van der Waals surface area contributed by atoms with Crippen LogP contribution in [0.25, 0.3) is 0 Å². The van der Waals surface area contributed by atoms with Crippen molar-refractivity contribution in [3.63, 3.8) is 0 Å². The maximum absolute atomic E-state index is 12.2. The fourth-order valence-corrected chi connectivity index (χ4v) is 2.65. The number of rotatable bonds is 5. The average Bonchev–Trinajstić information content (AvgIpc) is 2.49. The molecule has 0 aliphatic carbocycles. The van der Waals surface area contributed by atoms with Crippen LogP contribution in [0.3, 0.4) is 0 Å². The highest BCUT2D eigenvalue weighted by Crippen LogP contribution is 2.26. The summed E-state index contributed by atoms with van der Waals surface area (Å²) in [4.78, 5) is 26.1. The average molecular weight is 274 g/mol. The van der Waals surface area contributed by atoms with Gasteiger partial charge >= 0.3 is 0 Å². The van der Waals surface area contributed by atoms with Crippen LogP contribution < -0.4 is 5.32 Å². The van der Waals surface area contributed by atoms with Crippen LogP contribution in [-0.2, 0) is 9.59 Å². The fraction of sp³-hybridized carbons (Fsp3) is 0.500. The molecular weight excluding hydrogens is 252 g/mol. The summed E-state index contributed by atoms with van der Waals surface area (Å²) in [6.45, 7) is 5.02. The first kappa shape index (κ1) is 14.6. The number of hydrogen-bond acceptors (Lipinski definition) is 2. The number of benzene rings is 1. The van der Waals surface area contributed by atoms with Gasteiger partial charge in [0.1, 0.15) is 6.04 Å². The van der Waals surface area contributed by atoms with E-state index in [4.69, 9.17) is 0 Å². The van der Waals surface area contributed by atoms with Crippen molar-refractivity contribution < 1.29 is 9.59 Å². The number of carbonyl (C=O) groups excluding carboxylic acids is 2. The van der Waals surface area contributed by atoms with E-state index in [0.717, 1.165) is 18.4 Å². The Bertz CT molecular complexity index is 469. The van der Waals surface area contributed by atoms with Crippen LogP contribution in [0.4, 0.5) is 0 Å². The van der Waals surface area contributed by atoms with Crippen LogP contribution in [0.15, 0.2) is 30.3 Å². The Labute approximate surface area is 120 Å². The summed E-state index contributed by atoms with van der Waals surface area (Å²) in [5, 5.41) is 2.69. The number of piperazine rings is 1. The lowest BCUT2D eigenvalue weighted by atomic mass is 9.97. The largest absolute Gasteiger partial charge is 0.345 e. The lowest BCUT2D eigenvalue weighted by Crippen LogP contribution is -2.54. The van der Waals surface area contributed by atoms with Crippen LogP contribution >= 0.6 is 0 Å². The highest BCUT2D eigenvalue weighted by Gasteiger charge is 2.36. The Balaban J connectivity index is 2.27. The third-order valence-electron chi connectivity index (χ3n) is 4.02. The zero-order chi connectivity index (χ0) is 14.5. The first-order valence-corrected chi connectivity index (χ1v) is 7.29. The molecule has 1 aliphatic heterocycles. The summed E-state index contributed by atoms with van der Waals surface area (Å²) in [7, 11) is 0. The Morgan fingerprint density at radius 1 is 1.20 bits per heavy atom. The molecule has 0 radical (unpaired) electrons. The van der Waals surface area contributed by atoms with Crippen molar-refractivity contribution in [2.45, 2.75) is 32.7 Å².